The predicted molar refractivity (Wildman–Crippen MR) is 69.9 cm³/mol. The van der Waals surface area contributed by atoms with Crippen LogP contribution in [0.1, 0.15) is 15.9 Å². The lowest BCUT2D eigenvalue weighted by atomic mass is 10.1. The number of ether oxygens (including phenoxy) is 1. The number of hydrogen-bond acceptors (Lipinski definition) is 2. The lowest BCUT2D eigenvalue weighted by molar-refractivity contribution is 0.0995. The van der Waals surface area contributed by atoms with Crippen molar-refractivity contribution in [2.24, 2.45) is 0 Å². The predicted octanol–water partition coefficient (Wildman–Crippen LogP) is 3.13. The summed E-state index contributed by atoms with van der Waals surface area (Å²) in [6.45, 7) is 0.209. The van der Waals surface area contributed by atoms with Gasteiger partial charge in [0.1, 0.15) is 17.4 Å². The molecule has 0 saturated heterocycles. The number of anilines is 1. The van der Waals surface area contributed by atoms with Crippen molar-refractivity contribution >= 4 is 11.6 Å². The van der Waals surface area contributed by atoms with Crippen molar-refractivity contribution in [3.05, 3.63) is 59.2 Å². The molecule has 0 radical (unpaired) electrons. The van der Waals surface area contributed by atoms with Crippen LogP contribution in [0.3, 0.4) is 0 Å². The van der Waals surface area contributed by atoms with Gasteiger partial charge in [-0.25, -0.2) is 8.78 Å². The maximum atomic E-state index is 13.8. The highest BCUT2D eigenvalue weighted by atomic mass is 19.1. The Kier molecular flexibility index (Phi) is 2.89. The van der Waals surface area contributed by atoms with E-state index in [4.69, 9.17) is 4.74 Å². The van der Waals surface area contributed by atoms with E-state index in [1.54, 1.807) is 18.2 Å². The summed E-state index contributed by atoms with van der Waals surface area (Å²) in [6.07, 6.45) is 0. The Morgan fingerprint density at radius 1 is 1.20 bits per heavy atom. The standard InChI is InChI=1S/C15H11F2NO2/c1-20-14-4-2-3-10-11(14)8-18(15(10)19)13-6-5-9(16)7-12(13)17/h2-7H,8H2,1H3. The van der Waals surface area contributed by atoms with Crippen molar-refractivity contribution in [2.75, 3.05) is 12.0 Å². The molecule has 0 aromatic heterocycles. The lowest BCUT2D eigenvalue weighted by Gasteiger charge is -2.16. The van der Waals surface area contributed by atoms with Crippen molar-refractivity contribution < 1.29 is 18.3 Å². The number of amides is 1. The van der Waals surface area contributed by atoms with Gasteiger partial charge in [0.2, 0.25) is 0 Å². The first-order chi connectivity index (χ1) is 9.61. The maximum Gasteiger partial charge on any atom is 0.259 e. The van der Waals surface area contributed by atoms with Gasteiger partial charge in [0.05, 0.1) is 19.3 Å². The minimum Gasteiger partial charge on any atom is -0.496 e. The van der Waals surface area contributed by atoms with Gasteiger partial charge in [-0.1, -0.05) is 6.07 Å². The highest BCUT2D eigenvalue weighted by molar-refractivity contribution is 6.10. The van der Waals surface area contributed by atoms with Crippen LogP contribution >= 0.6 is 0 Å². The number of rotatable bonds is 2. The van der Waals surface area contributed by atoms with E-state index in [1.807, 2.05) is 0 Å². The number of hydrogen-bond donors (Lipinski definition) is 0. The third kappa shape index (κ3) is 1.82. The summed E-state index contributed by atoms with van der Waals surface area (Å²) in [5.74, 6) is -1.16. The molecule has 2 aromatic carbocycles. The molecule has 0 unspecified atom stereocenters. The summed E-state index contributed by atoms with van der Waals surface area (Å²) < 4.78 is 32.0. The fourth-order valence-electron chi connectivity index (χ4n) is 2.39. The highest BCUT2D eigenvalue weighted by Gasteiger charge is 2.32. The minimum absolute atomic E-state index is 0.0645. The number of fused-ring (bicyclic) bond motifs is 1. The molecule has 0 bridgehead atoms. The topological polar surface area (TPSA) is 29.5 Å². The molecule has 20 heavy (non-hydrogen) atoms. The van der Waals surface area contributed by atoms with E-state index in [0.29, 0.717) is 16.9 Å². The number of nitrogens with zero attached hydrogens (tertiary/aromatic N) is 1. The van der Waals surface area contributed by atoms with E-state index in [1.165, 1.54) is 18.1 Å². The molecule has 0 atom stereocenters. The fraction of sp³-hybridized carbons (Fsp3) is 0.133. The van der Waals surface area contributed by atoms with Crippen LogP contribution in [0.15, 0.2) is 36.4 Å². The number of benzene rings is 2. The second kappa shape index (κ2) is 4.59. The van der Waals surface area contributed by atoms with Crippen molar-refractivity contribution in [3.63, 3.8) is 0 Å². The summed E-state index contributed by atoms with van der Waals surface area (Å²) >= 11 is 0. The second-order valence-corrected chi connectivity index (χ2v) is 4.47. The molecular weight excluding hydrogens is 264 g/mol. The summed E-state index contributed by atoms with van der Waals surface area (Å²) in [7, 11) is 1.52. The van der Waals surface area contributed by atoms with Gasteiger partial charge in [-0.3, -0.25) is 4.79 Å². The molecule has 102 valence electrons. The van der Waals surface area contributed by atoms with E-state index < -0.39 is 11.6 Å². The largest absolute Gasteiger partial charge is 0.496 e. The monoisotopic (exact) mass is 275 g/mol. The van der Waals surface area contributed by atoms with Crippen LogP contribution in [0.2, 0.25) is 0 Å². The first-order valence-electron chi connectivity index (χ1n) is 6.04. The van der Waals surface area contributed by atoms with E-state index >= 15 is 0 Å². The minimum atomic E-state index is -0.759. The Bertz CT molecular complexity index is 700. The van der Waals surface area contributed by atoms with Gasteiger partial charge in [0, 0.05) is 17.2 Å². The molecule has 3 rings (SSSR count). The lowest BCUT2D eigenvalue weighted by Crippen LogP contribution is -2.24. The maximum absolute atomic E-state index is 13.8. The third-order valence-corrected chi connectivity index (χ3v) is 3.35. The molecule has 0 aliphatic carbocycles. The molecule has 0 fully saturated rings. The average molecular weight is 275 g/mol. The zero-order chi connectivity index (χ0) is 14.3. The van der Waals surface area contributed by atoms with Crippen LogP contribution in [0.5, 0.6) is 5.75 Å². The van der Waals surface area contributed by atoms with Crippen molar-refractivity contribution in [3.8, 4) is 5.75 Å². The molecule has 0 N–H and O–H groups in total. The number of halogens is 2. The summed E-state index contributed by atoms with van der Waals surface area (Å²) in [4.78, 5) is 13.6. The SMILES string of the molecule is COc1cccc2c1CN(c1ccc(F)cc1F)C2=O. The van der Waals surface area contributed by atoms with Crippen LogP contribution < -0.4 is 9.64 Å². The molecule has 1 heterocycles. The Hall–Kier alpha value is -2.43. The fourth-order valence-corrected chi connectivity index (χ4v) is 2.39. The third-order valence-electron chi connectivity index (χ3n) is 3.35. The van der Waals surface area contributed by atoms with E-state index in [0.717, 1.165) is 12.1 Å². The number of carbonyl (C=O) groups excluding carboxylic acids is 1. The molecule has 0 saturated carbocycles. The van der Waals surface area contributed by atoms with E-state index in [9.17, 15) is 13.6 Å². The molecule has 0 spiro atoms. The Morgan fingerprint density at radius 2 is 2.00 bits per heavy atom. The van der Waals surface area contributed by atoms with Gasteiger partial charge >= 0.3 is 0 Å². The van der Waals surface area contributed by atoms with Gasteiger partial charge < -0.3 is 9.64 Å². The molecule has 2 aromatic rings. The van der Waals surface area contributed by atoms with Gasteiger partial charge in [-0.2, -0.15) is 0 Å². The van der Waals surface area contributed by atoms with Gasteiger partial charge in [0.25, 0.3) is 5.91 Å². The zero-order valence-electron chi connectivity index (χ0n) is 10.7. The first kappa shape index (κ1) is 12.6. The van der Waals surface area contributed by atoms with Gasteiger partial charge in [-0.05, 0) is 24.3 Å². The van der Waals surface area contributed by atoms with Crippen LogP contribution in [0, 0.1) is 11.6 Å². The molecule has 3 nitrogen and oxygen atoms in total. The molecule has 1 aliphatic rings. The second-order valence-electron chi connectivity index (χ2n) is 4.47. The van der Waals surface area contributed by atoms with E-state index in [2.05, 4.69) is 0 Å². The Morgan fingerprint density at radius 3 is 2.70 bits per heavy atom. The van der Waals surface area contributed by atoms with Gasteiger partial charge in [-0.15, -0.1) is 0 Å². The van der Waals surface area contributed by atoms with Crippen LogP contribution in [-0.2, 0) is 6.54 Å². The summed E-state index contributed by atoms with van der Waals surface area (Å²) in [5.41, 5.74) is 1.26. The number of methoxy groups -OCH3 is 1. The van der Waals surface area contributed by atoms with E-state index in [-0.39, 0.29) is 18.1 Å². The number of carbonyl (C=O) groups is 1. The first-order valence-corrected chi connectivity index (χ1v) is 6.04. The highest BCUT2D eigenvalue weighted by Crippen LogP contribution is 2.34. The quantitative estimate of drug-likeness (QED) is 0.842. The summed E-state index contributed by atoms with van der Waals surface area (Å²) in [5, 5.41) is 0. The Labute approximate surface area is 114 Å². The molecule has 5 heteroatoms. The van der Waals surface area contributed by atoms with Crippen molar-refractivity contribution in [1.82, 2.24) is 0 Å². The molecular formula is C15H11F2NO2. The molecule has 1 aliphatic heterocycles. The average Bonchev–Trinajstić information content (AvgIpc) is 2.76. The summed E-state index contributed by atoms with van der Waals surface area (Å²) in [6, 6.07) is 8.29. The smallest absolute Gasteiger partial charge is 0.259 e. The van der Waals surface area contributed by atoms with Crippen LogP contribution in [-0.4, -0.2) is 13.0 Å². The van der Waals surface area contributed by atoms with Crippen molar-refractivity contribution in [1.29, 1.82) is 0 Å². The zero-order valence-corrected chi connectivity index (χ0v) is 10.7. The normalized spacial score (nSPS) is 13.6. The van der Waals surface area contributed by atoms with Crippen LogP contribution in [0.4, 0.5) is 14.5 Å². The Balaban J connectivity index is 2.05. The van der Waals surface area contributed by atoms with Crippen molar-refractivity contribution in [2.45, 2.75) is 6.54 Å². The van der Waals surface area contributed by atoms with Crippen LogP contribution in [0.25, 0.3) is 0 Å². The van der Waals surface area contributed by atoms with Gasteiger partial charge in [0.15, 0.2) is 0 Å². The molecule has 1 amide bonds.